The van der Waals surface area contributed by atoms with E-state index in [1.165, 1.54) is 44.3 Å². The van der Waals surface area contributed by atoms with Crippen LogP contribution in [0.2, 0.25) is 0 Å². The zero-order valence-corrected chi connectivity index (χ0v) is 17.7. The molecule has 0 aliphatic heterocycles. The number of fused-ring (bicyclic) bond motifs is 1. The topological polar surface area (TPSA) is 0 Å². The minimum atomic E-state index is 0.518. The number of allylic oxidation sites excluding steroid dienone is 18. The lowest BCUT2D eigenvalue weighted by Gasteiger charge is -2.27. The van der Waals surface area contributed by atoms with Crippen molar-refractivity contribution in [3.05, 3.63) is 104 Å². The first kappa shape index (κ1) is 17.8. The van der Waals surface area contributed by atoms with Crippen molar-refractivity contribution in [2.45, 2.75) is 33.1 Å². The number of halogens is 1. The number of rotatable bonds is 2. The smallest absolute Gasteiger partial charge is 0.0130 e. The van der Waals surface area contributed by atoms with Crippen LogP contribution in [0.5, 0.6) is 0 Å². The van der Waals surface area contributed by atoms with Crippen molar-refractivity contribution >= 4 is 22.6 Å². The Morgan fingerprint density at radius 3 is 2.88 bits per heavy atom. The molecule has 4 rings (SSSR count). The predicted octanol–water partition coefficient (Wildman–Crippen LogP) is 7.47. The van der Waals surface area contributed by atoms with E-state index in [0.29, 0.717) is 11.8 Å². The van der Waals surface area contributed by atoms with E-state index in [4.69, 9.17) is 0 Å². The minimum absolute atomic E-state index is 0.518. The summed E-state index contributed by atoms with van der Waals surface area (Å²) in [5.74, 6) is 1.04. The summed E-state index contributed by atoms with van der Waals surface area (Å²) in [7, 11) is 0. The van der Waals surface area contributed by atoms with Gasteiger partial charge in [0.15, 0.2) is 0 Å². The molecule has 4 aliphatic rings. The molecule has 0 fully saturated rings. The molecule has 132 valence electrons. The third-order valence-electron chi connectivity index (χ3n) is 5.87. The SMILES string of the molecule is C/C=C(\C=C1\C=CC2=C(CCC=C2)C1C)C1=CC=C2C=C(I)C=CC2C1. The van der Waals surface area contributed by atoms with Gasteiger partial charge in [0.1, 0.15) is 0 Å². The van der Waals surface area contributed by atoms with Gasteiger partial charge in [0, 0.05) is 15.4 Å². The summed E-state index contributed by atoms with van der Waals surface area (Å²) in [4.78, 5) is 0. The Hall–Kier alpha value is -1.61. The second kappa shape index (κ2) is 7.56. The van der Waals surface area contributed by atoms with E-state index >= 15 is 0 Å². The highest BCUT2D eigenvalue weighted by Crippen LogP contribution is 2.39. The highest BCUT2D eigenvalue weighted by molar-refractivity contribution is 14.1. The van der Waals surface area contributed by atoms with E-state index in [9.17, 15) is 0 Å². The van der Waals surface area contributed by atoms with Gasteiger partial charge in [-0.3, -0.25) is 0 Å². The summed E-state index contributed by atoms with van der Waals surface area (Å²) in [6, 6.07) is 0. The molecule has 0 N–H and O–H groups in total. The Morgan fingerprint density at radius 2 is 2.04 bits per heavy atom. The molecule has 0 amide bonds. The van der Waals surface area contributed by atoms with Gasteiger partial charge in [0.2, 0.25) is 0 Å². The molecule has 0 saturated heterocycles. The number of hydrogen-bond donors (Lipinski definition) is 0. The maximum absolute atomic E-state index is 2.42. The average Bonchev–Trinajstić information content (AvgIpc) is 2.67. The molecule has 0 bridgehead atoms. The minimum Gasteiger partial charge on any atom is -0.0836 e. The monoisotopic (exact) mass is 452 g/mol. The van der Waals surface area contributed by atoms with Crippen molar-refractivity contribution in [1.82, 2.24) is 0 Å². The van der Waals surface area contributed by atoms with Crippen LogP contribution in [0, 0.1) is 11.8 Å². The molecule has 4 aliphatic carbocycles. The first-order valence-corrected chi connectivity index (χ1v) is 10.7. The highest BCUT2D eigenvalue weighted by Gasteiger charge is 2.22. The van der Waals surface area contributed by atoms with Crippen molar-refractivity contribution < 1.29 is 0 Å². The van der Waals surface area contributed by atoms with Crippen LogP contribution in [-0.4, -0.2) is 0 Å². The molecule has 0 saturated carbocycles. The van der Waals surface area contributed by atoms with Gasteiger partial charge in [-0.2, -0.15) is 0 Å². The van der Waals surface area contributed by atoms with Gasteiger partial charge in [-0.25, -0.2) is 0 Å². The molecule has 1 heteroatoms. The maximum Gasteiger partial charge on any atom is 0.0130 e. The van der Waals surface area contributed by atoms with Gasteiger partial charge >= 0.3 is 0 Å². The van der Waals surface area contributed by atoms with E-state index in [1.807, 2.05) is 0 Å². The van der Waals surface area contributed by atoms with Gasteiger partial charge in [-0.15, -0.1) is 0 Å². The zero-order valence-electron chi connectivity index (χ0n) is 15.5. The summed E-state index contributed by atoms with van der Waals surface area (Å²) in [6.45, 7) is 4.53. The van der Waals surface area contributed by atoms with Crippen LogP contribution < -0.4 is 0 Å². The van der Waals surface area contributed by atoms with Crippen LogP contribution in [0.25, 0.3) is 0 Å². The zero-order chi connectivity index (χ0) is 18.1. The van der Waals surface area contributed by atoms with Crippen LogP contribution in [0.4, 0.5) is 0 Å². The van der Waals surface area contributed by atoms with Gasteiger partial charge in [0.25, 0.3) is 0 Å². The lowest BCUT2D eigenvalue weighted by molar-refractivity contribution is 0.730. The van der Waals surface area contributed by atoms with Gasteiger partial charge in [-0.05, 0) is 82.7 Å². The second-order valence-electron chi connectivity index (χ2n) is 7.42. The Labute approximate surface area is 171 Å². The Kier molecular flexibility index (Phi) is 5.17. The largest absolute Gasteiger partial charge is 0.0836 e. The summed E-state index contributed by atoms with van der Waals surface area (Å²) in [5, 5.41) is 0. The van der Waals surface area contributed by atoms with Crippen molar-refractivity contribution in [1.29, 1.82) is 0 Å². The van der Waals surface area contributed by atoms with E-state index in [1.54, 1.807) is 5.57 Å². The molecule has 2 atom stereocenters. The van der Waals surface area contributed by atoms with Crippen molar-refractivity contribution in [3.63, 3.8) is 0 Å². The van der Waals surface area contributed by atoms with E-state index in [-0.39, 0.29) is 0 Å². The number of hydrogen-bond acceptors (Lipinski definition) is 0. The highest BCUT2D eigenvalue weighted by atomic mass is 127. The summed E-state index contributed by atoms with van der Waals surface area (Å²) in [5.41, 5.74) is 8.75. The molecule has 0 aromatic carbocycles. The molecule has 0 heterocycles. The molecule has 0 nitrogen and oxygen atoms in total. The maximum atomic E-state index is 2.42. The third-order valence-corrected chi connectivity index (χ3v) is 6.54. The fourth-order valence-electron chi connectivity index (χ4n) is 4.28. The van der Waals surface area contributed by atoms with Crippen LogP contribution in [0.15, 0.2) is 104 Å². The lowest BCUT2D eigenvalue weighted by Crippen LogP contribution is -2.12. The lowest BCUT2D eigenvalue weighted by atomic mass is 9.78. The fourth-order valence-corrected chi connectivity index (χ4v) is 4.85. The molecular weight excluding hydrogens is 427 g/mol. The fraction of sp³-hybridized carbons (Fsp3) is 0.280. The summed E-state index contributed by atoms with van der Waals surface area (Å²) < 4.78 is 1.32. The Morgan fingerprint density at radius 1 is 1.15 bits per heavy atom. The summed E-state index contributed by atoms with van der Waals surface area (Å²) in [6.07, 6.45) is 28.9. The quantitative estimate of drug-likeness (QED) is 0.381. The van der Waals surface area contributed by atoms with Crippen LogP contribution in [0.1, 0.15) is 33.1 Å². The molecular formula is C25H25I. The summed E-state index contributed by atoms with van der Waals surface area (Å²) >= 11 is 2.40. The Balaban J connectivity index is 1.61. The van der Waals surface area contributed by atoms with Gasteiger partial charge < -0.3 is 0 Å². The molecule has 2 unspecified atom stereocenters. The van der Waals surface area contributed by atoms with Crippen LogP contribution in [0.3, 0.4) is 0 Å². The van der Waals surface area contributed by atoms with Crippen molar-refractivity contribution in [2.75, 3.05) is 0 Å². The van der Waals surface area contributed by atoms with E-state index in [2.05, 4.69) is 103 Å². The molecule has 0 spiro atoms. The van der Waals surface area contributed by atoms with E-state index in [0.717, 1.165) is 6.42 Å². The molecule has 0 aromatic heterocycles. The third kappa shape index (κ3) is 3.46. The average molecular weight is 452 g/mol. The molecule has 0 radical (unpaired) electrons. The molecule has 26 heavy (non-hydrogen) atoms. The predicted molar refractivity (Wildman–Crippen MR) is 121 cm³/mol. The van der Waals surface area contributed by atoms with Crippen LogP contribution in [-0.2, 0) is 0 Å². The standard InChI is InChI=1S/C25H25I/c1-3-18(21-10-11-23-16-24(26)13-12-22(23)15-21)14-20-9-8-19-6-4-5-7-25(19)17(20)2/h3-4,6,8-14,16-17,22H,5,7,15H2,1-2H3/b18-3+,20-14-. The van der Waals surface area contributed by atoms with Gasteiger partial charge in [0.05, 0.1) is 0 Å². The first-order chi connectivity index (χ1) is 12.7. The Bertz CT molecular complexity index is 890. The van der Waals surface area contributed by atoms with E-state index < -0.39 is 0 Å². The van der Waals surface area contributed by atoms with Gasteiger partial charge in [-0.1, -0.05) is 73.3 Å². The van der Waals surface area contributed by atoms with Crippen molar-refractivity contribution in [2.24, 2.45) is 11.8 Å². The van der Waals surface area contributed by atoms with Crippen LogP contribution >= 0.6 is 22.6 Å². The second-order valence-corrected chi connectivity index (χ2v) is 8.67. The normalized spacial score (nSPS) is 29.3. The molecule has 0 aromatic rings. The van der Waals surface area contributed by atoms with Crippen molar-refractivity contribution in [3.8, 4) is 0 Å². The first-order valence-electron chi connectivity index (χ1n) is 9.58.